The first kappa shape index (κ1) is 24.5. The monoisotopic (exact) mass is 503 g/mol. The minimum atomic E-state index is -0.578. The third-order valence-electron chi connectivity index (χ3n) is 7.72. The Bertz CT molecular complexity index is 1180. The van der Waals surface area contributed by atoms with Gasteiger partial charge in [0.05, 0.1) is 18.1 Å². The van der Waals surface area contributed by atoms with Crippen molar-refractivity contribution >= 4 is 28.7 Å². The van der Waals surface area contributed by atoms with Gasteiger partial charge in [0.15, 0.2) is 0 Å². The van der Waals surface area contributed by atoms with Crippen molar-refractivity contribution in [3.8, 4) is 0 Å². The quantitative estimate of drug-likeness (QED) is 0.675. The van der Waals surface area contributed by atoms with Crippen LogP contribution < -0.4 is 16.6 Å². The summed E-state index contributed by atoms with van der Waals surface area (Å²) < 4.78 is 17.0. The number of thioether (sulfide) groups is 1. The summed E-state index contributed by atoms with van der Waals surface area (Å²) in [5.74, 6) is 1.37. The number of rotatable bonds is 5. The molecule has 1 N–H and O–H groups in total. The smallest absolute Gasteiger partial charge is 0.333 e. The number of nitrogens with one attached hydrogen (secondary N) is 1. The molecule has 0 unspecified atom stereocenters. The van der Waals surface area contributed by atoms with Gasteiger partial charge in [0.25, 0.3) is 5.56 Å². The van der Waals surface area contributed by atoms with Crippen LogP contribution in [0.4, 0.5) is 4.39 Å². The maximum atomic E-state index is 14.1. The first-order chi connectivity index (χ1) is 17.0. The van der Waals surface area contributed by atoms with Crippen molar-refractivity contribution in [1.29, 1.82) is 0 Å². The molecule has 4 heterocycles. The molecule has 0 bridgehead atoms. The second-order valence-electron chi connectivity index (χ2n) is 10.1. The number of likely N-dealkylation sites (tertiary alicyclic amines) is 1. The van der Waals surface area contributed by atoms with Gasteiger partial charge in [-0.15, -0.1) is 0 Å². The van der Waals surface area contributed by atoms with E-state index in [2.05, 4.69) is 15.2 Å². The number of amides is 1. The molecule has 0 spiro atoms. The van der Waals surface area contributed by atoms with E-state index in [1.807, 2.05) is 11.8 Å². The molecule has 3 aliphatic rings. The van der Waals surface area contributed by atoms with Crippen LogP contribution in [-0.2, 0) is 4.79 Å². The minimum Gasteiger partial charge on any atom is -0.352 e. The van der Waals surface area contributed by atoms with Crippen LogP contribution in [0.25, 0.3) is 11.0 Å². The van der Waals surface area contributed by atoms with Crippen LogP contribution in [-0.4, -0.2) is 62.1 Å². The van der Waals surface area contributed by atoms with E-state index < -0.39 is 11.4 Å². The fourth-order valence-corrected chi connectivity index (χ4v) is 6.95. The third-order valence-corrected chi connectivity index (χ3v) is 8.77. The average molecular weight is 504 g/mol. The Morgan fingerprint density at radius 2 is 1.69 bits per heavy atom. The SMILES string of the molecule is O=C(CN1CCCCC1)N[C@H]1CC[C@@H](n2c(=O)c3cc(F)cnc3n(C3CCSCC3)c2=O)CC1. The number of aromatic nitrogens is 3. The second kappa shape index (κ2) is 10.8. The summed E-state index contributed by atoms with van der Waals surface area (Å²) in [6.07, 6.45) is 8.93. The first-order valence-electron chi connectivity index (χ1n) is 12.9. The van der Waals surface area contributed by atoms with E-state index in [0.29, 0.717) is 32.2 Å². The number of halogens is 1. The van der Waals surface area contributed by atoms with Crippen LogP contribution in [0.5, 0.6) is 0 Å². The highest BCUT2D eigenvalue weighted by atomic mass is 32.2. The van der Waals surface area contributed by atoms with E-state index in [-0.39, 0.29) is 40.8 Å². The Labute approximate surface area is 208 Å². The van der Waals surface area contributed by atoms with Crippen molar-refractivity contribution in [3.63, 3.8) is 0 Å². The van der Waals surface area contributed by atoms with Crippen molar-refractivity contribution in [2.75, 3.05) is 31.1 Å². The first-order valence-corrected chi connectivity index (χ1v) is 14.1. The number of carbonyl (C=O) groups is 1. The number of pyridine rings is 1. The van der Waals surface area contributed by atoms with Gasteiger partial charge in [-0.05, 0) is 82.0 Å². The van der Waals surface area contributed by atoms with Crippen molar-refractivity contribution in [1.82, 2.24) is 24.3 Å². The van der Waals surface area contributed by atoms with Crippen LogP contribution in [0.2, 0.25) is 0 Å². The molecule has 0 aromatic carbocycles. The van der Waals surface area contributed by atoms with E-state index in [1.54, 1.807) is 4.57 Å². The van der Waals surface area contributed by atoms with E-state index in [9.17, 15) is 18.8 Å². The highest BCUT2D eigenvalue weighted by Crippen LogP contribution is 2.30. The van der Waals surface area contributed by atoms with Gasteiger partial charge in [-0.25, -0.2) is 14.2 Å². The molecule has 0 radical (unpaired) electrons. The van der Waals surface area contributed by atoms with Crippen LogP contribution in [0, 0.1) is 5.82 Å². The van der Waals surface area contributed by atoms with Gasteiger partial charge in [-0.2, -0.15) is 11.8 Å². The lowest BCUT2D eigenvalue weighted by molar-refractivity contribution is -0.123. The van der Waals surface area contributed by atoms with Crippen molar-refractivity contribution < 1.29 is 9.18 Å². The molecule has 2 saturated heterocycles. The van der Waals surface area contributed by atoms with Crippen molar-refractivity contribution in [2.24, 2.45) is 0 Å². The lowest BCUT2D eigenvalue weighted by atomic mass is 9.91. The second-order valence-corrected chi connectivity index (χ2v) is 11.3. The van der Waals surface area contributed by atoms with Crippen LogP contribution in [0.15, 0.2) is 21.9 Å². The van der Waals surface area contributed by atoms with Gasteiger partial charge in [-0.3, -0.25) is 23.6 Å². The highest BCUT2D eigenvalue weighted by Gasteiger charge is 2.30. The van der Waals surface area contributed by atoms with Crippen LogP contribution in [0.1, 0.15) is 69.9 Å². The molecule has 2 aromatic rings. The Hall–Kier alpha value is -2.20. The molecule has 1 aliphatic carbocycles. The van der Waals surface area contributed by atoms with Gasteiger partial charge in [0.2, 0.25) is 5.91 Å². The highest BCUT2D eigenvalue weighted by molar-refractivity contribution is 7.99. The minimum absolute atomic E-state index is 0.0403. The number of nitrogens with zero attached hydrogens (tertiary/aromatic N) is 4. The maximum Gasteiger partial charge on any atom is 0.333 e. The van der Waals surface area contributed by atoms with E-state index in [4.69, 9.17) is 0 Å². The molecular weight excluding hydrogens is 469 g/mol. The lowest BCUT2D eigenvalue weighted by Gasteiger charge is -2.32. The number of hydrogen-bond donors (Lipinski definition) is 1. The largest absolute Gasteiger partial charge is 0.352 e. The lowest BCUT2D eigenvalue weighted by Crippen LogP contribution is -2.47. The Kier molecular flexibility index (Phi) is 7.57. The van der Waals surface area contributed by atoms with E-state index >= 15 is 0 Å². The zero-order valence-electron chi connectivity index (χ0n) is 20.1. The Morgan fingerprint density at radius 1 is 1.00 bits per heavy atom. The molecule has 2 aliphatic heterocycles. The van der Waals surface area contributed by atoms with E-state index in [0.717, 1.165) is 56.5 Å². The molecule has 1 saturated carbocycles. The number of hydrogen-bond acceptors (Lipinski definition) is 6. The summed E-state index contributed by atoms with van der Waals surface area (Å²) in [6.45, 7) is 2.39. The maximum absolute atomic E-state index is 14.1. The normalized spacial score (nSPS) is 24.5. The molecule has 190 valence electrons. The standard InChI is InChI=1S/C25H34FN5O3S/c26-17-14-21-23(27-15-17)30(20-8-12-35-13-9-20)25(34)31(24(21)33)19-6-4-18(5-7-19)28-22(32)16-29-10-2-1-3-11-29/h14-15,18-20H,1-13,16H2,(H,28,32)/t18-,19+. The van der Waals surface area contributed by atoms with Gasteiger partial charge < -0.3 is 5.32 Å². The molecule has 3 fully saturated rings. The average Bonchev–Trinajstić information content (AvgIpc) is 2.87. The molecular formula is C25H34FN5O3S. The predicted octanol–water partition coefficient (Wildman–Crippen LogP) is 2.85. The molecule has 35 heavy (non-hydrogen) atoms. The fraction of sp³-hybridized carbons (Fsp3) is 0.680. The van der Waals surface area contributed by atoms with Crippen LogP contribution >= 0.6 is 11.8 Å². The van der Waals surface area contributed by atoms with Crippen molar-refractivity contribution in [2.45, 2.75) is 75.9 Å². The Morgan fingerprint density at radius 3 is 2.40 bits per heavy atom. The fourth-order valence-electron chi connectivity index (χ4n) is 5.87. The van der Waals surface area contributed by atoms with Crippen molar-refractivity contribution in [3.05, 3.63) is 38.9 Å². The topological polar surface area (TPSA) is 89.2 Å². The summed E-state index contributed by atoms with van der Waals surface area (Å²) >= 11 is 1.86. The zero-order valence-corrected chi connectivity index (χ0v) is 20.9. The molecule has 10 heteroatoms. The van der Waals surface area contributed by atoms with Crippen LogP contribution in [0.3, 0.4) is 0 Å². The number of fused-ring (bicyclic) bond motifs is 1. The molecule has 8 nitrogen and oxygen atoms in total. The third kappa shape index (κ3) is 5.33. The summed E-state index contributed by atoms with van der Waals surface area (Å²) in [5.41, 5.74) is -0.514. The summed E-state index contributed by atoms with van der Waals surface area (Å²) in [4.78, 5) is 46.0. The van der Waals surface area contributed by atoms with Gasteiger partial charge in [0, 0.05) is 18.1 Å². The summed E-state index contributed by atoms with van der Waals surface area (Å²) in [5, 5.41) is 3.32. The summed E-state index contributed by atoms with van der Waals surface area (Å²) in [6, 6.07) is 0.959. The van der Waals surface area contributed by atoms with Gasteiger partial charge >= 0.3 is 5.69 Å². The zero-order chi connectivity index (χ0) is 24.4. The molecule has 5 rings (SSSR count). The summed E-state index contributed by atoms with van der Waals surface area (Å²) in [7, 11) is 0. The van der Waals surface area contributed by atoms with Gasteiger partial charge in [0.1, 0.15) is 11.5 Å². The molecule has 1 amide bonds. The molecule has 2 aromatic heterocycles. The Balaban J connectivity index is 1.35. The molecule has 0 atom stereocenters. The predicted molar refractivity (Wildman–Crippen MR) is 136 cm³/mol. The number of piperidine rings is 1. The van der Waals surface area contributed by atoms with E-state index in [1.165, 1.54) is 17.1 Å². The van der Waals surface area contributed by atoms with Gasteiger partial charge in [-0.1, -0.05) is 6.42 Å². The number of carbonyl (C=O) groups excluding carboxylic acids is 1.